The van der Waals surface area contributed by atoms with Gasteiger partial charge in [-0.3, -0.25) is 44.0 Å². The molecule has 0 aliphatic carbocycles. The molecule has 3 aliphatic heterocycles. The highest BCUT2D eigenvalue weighted by molar-refractivity contribution is 7.91. The standard InChI is InChI=1S/C45H52N6O9S2/c1-27-22-29(34-25-50(2)43(55)33-24-37(61-40(33)34)41(46)48-30-17-20-62(58,59)21-18-30)12-15-36(27)60-26-39(53)47-19-9-7-5-3-4-6-8-10-28-11-13-31-32(23-28)45(57)51(44(31)56)35-14-16-38(52)49-42(35)54/h11-13,15,22-25,30,35H,3-10,14,16-21,26H2,1-2H3,(H2,46,48)(H,47,53)(H,49,52,54). The number of piperidine rings is 1. The Balaban J connectivity index is 0.802. The summed E-state index contributed by atoms with van der Waals surface area (Å²) in [5.41, 5.74) is 10.3. The first-order chi connectivity index (χ1) is 29.7. The largest absolute Gasteiger partial charge is 0.484 e. The third-order valence-electron chi connectivity index (χ3n) is 11.8. The molecule has 4 N–H and O–H groups in total. The number of sulfone groups is 1. The topological polar surface area (TPSA) is 216 Å². The number of fused-ring (bicyclic) bond motifs is 2. The molecule has 5 amide bonds. The second-order valence-corrected chi connectivity index (χ2v) is 19.7. The zero-order chi connectivity index (χ0) is 44.1. The first-order valence-electron chi connectivity index (χ1n) is 21.2. The van der Waals surface area contributed by atoms with Gasteiger partial charge in [-0.05, 0) is 92.5 Å². The summed E-state index contributed by atoms with van der Waals surface area (Å²) in [7, 11) is -1.32. The molecule has 5 heterocycles. The Hall–Kier alpha value is -5.68. The number of carbonyl (C=O) groups is 5. The molecular formula is C45H52N6O9S2. The summed E-state index contributed by atoms with van der Waals surface area (Å²) in [6.07, 6.45) is 10.6. The molecule has 0 radical (unpaired) electrons. The SMILES string of the molecule is Cc1cc(-c2cn(C)c(=O)c3cc(C(N)=NC4CCS(=O)(=O)CC4)sc23)ccc1OCC(=O)NCCCCCCCCCc1ccc2c(c1)C(=O)N(C1CCC(=O)NC1=O)C2=O. The molecule has 0 saturated carbocycles. The molecule has 2 saturated heterocycles. The third-order valence-corrected chi connectivity index (χ3v) is 14.7. The Kier molecular flexibility index (Phi) is 13.7. The lowest BCUT2D eigenvalue weighted by Gasteiger charge is -2.27. The van der Waals surface area contributed by atoms with E-state index in [0.717, 1.165) is 83.2 Å². The van der Waals surface area contributed by atoms with Crippen LogP contribution in [0.1, 0.15) is 107 Å². The van der Waals surface area contributed by atoms with E-state index in [-0.39, 0.29) is 48.5 Å². The van der Waals surface area contributed by atoms with Gasteiger partial charge >= 0.3 is 0 Å². The van der Waals surface area contributed by atoms with E-state index >= 15 is 0 Å². The summed E-state index contributed by atoms with van der Waals surface area (Å²) in [5, 5.41) is 5.68. The maximum Gasteiger partial charge on any atom is 0.262 e. The maximum atomic E-state index is 13.1. The number of amides is 5. The number of benzene rings is 2. The summed E-state index contributed by atoms with van der Waals surface area (Å²) in [5.74, 6) is -1.13. The average molecular weight is 885 g/mol. The van der Waals surface area contributed by atoms with Gasteiger partial charge in [0.25, 0.3) is 23.3 Å². The zero-order valence-corrected chi connectivity index (χ0v) is 36.6. The molecule has 2 aromatic heterocycles. The Morgan fingerprint density at radius 3 is 2.34 bits per heavy atom. The lowest BCUT2D eigenvalue weighted by Crippen LogP contribution is -2.54. The highest BCUT2D eigenvalue weighted by Gasteiger charge is 2.44. The number of nitrogens with two attached hydrogens (primary N) is 1. The molecule has 7 rings (SSSR count). The molecule has 1 atom stereocenters. The number of nitrogens with one attached hydrogen (secondary N) is 2. The van der Waals surface area contributed by atoms with Gasteiger partial charge in [-0.15, -0.1) is 11.3 Å². The number of hydrogen-bond donors (Lipinski definition) is 3. The minimum absolute atomic E-state index is 0.0854. The van der Waals surface area contributed by atoms with Gasteiger partial charge in [0, 0.05) is 36.5 Å². The molecule has 2 aromatic carbocycles. The summed E-state index contributed by atoms with van der Waals surface area (Å²) in [6, 6.07) is 11.6. The number of amidine groups is 1. The van der Waals surface area contributed by atoms with E-state index in [2.05, 4.69) is 15.6 Å². The van der Waals surface area contributed by atoms with Crippen LogP contribution in [-0.4, -0.2) is 90.0 Å². The molecule has 328 valence electrons. The summed E-state index contributed by atoms with van der Waals surface area (Å²) >= 11 is 1.38. The molecule has 15 nitrogen and oxygen atoms in total. The number of aliphatic imine (C=N–C) groups is 1. The van der Waals surface area contributed by atoms with Gasteiger partial charge in [0.2, 0.25) is 11.8 Å². The van der Waals surface area contributed by atoms with Crippen LogP contribution in [0.3, 0.4) is 0 Å². The smallest absolute Gasteiger partial charge is 0.262 e. The van der Waals surface area contributed by atoms with Crippen LogP contribution in [0.4, 0.5) is 0 Å². The molecule has 17 heteroatoms. The molecule has 1 unspecified atom stereocenters. The second-order valence-electron chi connectivity index (χ2n) is 16.4. The van der Waals surface area contributed by atoms with E-state index in [1.165, 1.54) is 15.9 Å². The van der Waals surface area contributed by atoms with Crippen molar-refractivity contribution in [3.8, 4) is 16.9 Å². The van der Waals surface area contributed by atoms with Gasteiger partial charge in [-0.25, -0.2) is 8.42 Å². The number of hydrogen-bond acceptors (Lipinski definition) is 11. The molecule has 2 fully saturated rings. The number of nitrogens with zero attached hydrogens (tertiary/aromatic N) is 3. The summed E-state index contributed by atoms with van der Waals surface area (Å²) in [6.45, 7) is 2.35. The highest BCUT2D eigenvalue weighted by atomic mass is 32.2. The van der Waals surface area contributed by atoms with Crippen LogP contribution >= 0.6 is 11.3 Å². The minimum Gasteiger partial charge on any atom is -0.484 e. The van der Waals surface area contributed by atoms with E-state index < -0.39 is 39.5 Å². The van der Waals surface area contributed by atoms with E-state index in [4.69, 9.17) is 10.5 Å². The number of carbonyl (C=O) groups excluding carboxylic acids is 5. The number of aryl methyl sites for hydroxylation is 3. The van der Waals surface area contributed by atoms with Gasteiger partial charge in [-0.1, -0.05) is 44.2 Å². The molecule has 62 heavy (non-hydrogen) atoms. The predicted octanol–water partition coefficient (Wildman–Crippen LogP) is 4.73. The normalized spacial score (nSPS) is 18.0. The number of imide groups is 2. The molecule has 3 aliphatic rings. The van der Waals surface area contributed by atoms with Crippen molar-refractivity contribution in [1.82, 2.24) is 20.1 Å². The van der Waals surface area contributed by atoms with Gasteiger partial charge < -0.3 is 20.4 Å². The summed E-state index contributed by atoms with van der Waals surface area (Å²) < 4.78 is 31.9. The van der Waals surface area contributed by atoms with Crippen LogP contribution in [0.2, 0.25) is 0 Å². The van der Waals surface area contributed by atoms with Crippen LogP contribution < -0.4 is 26.7 Å². The first kappa shape index (κ1) is 44.4. The van der Waals surface area contributed by atoms with Crippen molar-refractivity contribution in [3.05, 3.63) is 86.1 Å². The van der Waals surface area contributed by atoms with Crippen molar-refractivity contribution >= 4 is 66.6 Å². The van der Waals surface area contributed by atoms with Crippen molar-refractivity contribution in [2.24, 2.45) is 17.8 Å². The number of pyridine rings is 1. The number of thiophene rings is 1. The monoisotopic (exact) mass is 884 g/mol. The van der Waals surface area contributed by atoms with Crippen LogP contribution in [0.25, 0.3) is 21.2 Å². The van der Waals surface area contributed by atoms with Crippen LogP contribution in [-0.2, 0) is 37.7 Å². The van der Waals surface area contributed by atoms with Crippen molar-refractivity contribution < 1.29 is 37.1 Å². The second kappa shape index (κ2) is 19.2. The molecular weight excluding hydrogens is 833 g/mol. The lowest BCUT2D eigenvalue weighted by molar-refractivity contribution is -0.136. The van der Waals surface area contributed by atoms with Crippen LogP contribution in [0.15, 0.2) is 58.4 Å². The fraction of sp³-hybridized carbons (Fsp3) is 0.444. The molecule has 4 aromatic rings. The molecule has 0 bridgehead atoms. The van der Waals surface area contributed by atoms with Crippen molar-refractivity contribution in [2.75, 3.05) is 24.7 Å². The Morgan fingerprint density at radius 2 is 1.61 bits per heavy atom. The average Bonchev–Trinajstić information content (AvgIpc) is 3.79. The van der Waals surface area contributed by atoms with Crippen molar-refractivity contribution in [3.63, 3.8) is 0 Å². The number of aromatic nitrogens is 1. The Morgan fingerprint density at radius 1 is 0.903 bits per heavy atom. The van der Waals surface area contributed by atoms with Crippen molar-refractivity contribution in [1.29, 1.82) is 0 Å². The zero-order valence-electron chi connectivity index (χ0n) is 35.0. The van der Waals surface area contributed by atoms with Gasteiger partial charge in [-0.2, -0.15) is 0 Å². The number of rotatable bonds is 17. The molecule has 0 spiro atoms. The lowest BCUT2D eigenvalue weighted by atomic mass is 10.0. The van der Waals surface area contributed by atoms with Gasteiger partial charge in [0.1, 0.15) is 27.5 Å². The highest BCUT2D eigenvalue weighted by Crippen LogP contribution is 2.35. The maximum absolute atomic E-state index is 13.1. The number of ether oxygens (including phenoxy) is 1. The minimum atomic E-state index is -3.02. The van der Waals surface area contributed by atoms with Crippen LogP contribution in [0.5, 0.6) is 5.75 Å². The van der Waals surface area contributed by atoms with Crippen LogP contribution in [0, 0.1) is 6.92 Å². The quantitative estimate of drug-likeness (QED) is 0.0574. The Bertz CT molecular complexity index is 2620. The summed E-state index contributed by atoms with van der Waals surface area (Å²) in [4.78, 5) is 81.9. The van der Waals surface area contributed by atoms with E-state index in [9.17, 15) is 37.2 Å². The fourth-order valence-electron chi connectivity index (χ4n) is 8.26. The van der Waals surface area contributed by atoms with E-state index in [1.807, 2.05) is 31.2 Å². The Labute approximate surface area is 364 Å². The number of unbranched alkanes of at least 4 members (excludes halogenated alkanes) is 6. The van der Waals surface area contributed by atoms with Gasteiger partial charge in [0.15, 0.2) is 6.61 Å². The fourth-order valence-corrected chi connectivity index (χ4v) is 10.8. The van der Waals surface area contributed by atoms with E-state index in [0.29, 0.717) is 52.4 Å². The first-order valence-corrected chi connectivity index (χ1v) is 23.8. The third kappa shape index (κ3) is 10.2. The predicted molar refractivity (Wildman–Crippen MR) is 237 cm³/mol. The van der Waals surface area contributed by atoms with E-state index in [1.54, 1.807) is 31.4 Å². The van der Waals surface area contributed by atoms with Crippen molar-refractivity contribution in [2.45, 2.75) is 96.1 Å². The van der Waals surface area contributed by atoms with Gasteiger partial charge in [0.05, 0.1) is 38.9 Å².